The number of hydrogen-bond donors (Lipinski definition) is 2. The minimum atomic E-state index is 0.842. The molecule has 80 valence electrons. The van der Waals surface area contributed by atoms with Gasteiger partial charge in [-0.2, -0.15) is 0 Å². The van der Waals surface area contributed by atoms with Crippen LogP contribution in [0.1, 0.15) is 0 Å². The van der Waals surface area contributed by atoms with E-state index in [0.717, 1.165) is 35.5 Å². The van der Waals surface area contributed by atoms with Gasteiger partial charge in [0.15, 0.2) is 5.96 Å². The number of anilines is 1. The maximum absolute atomic E-state index is 4.32. The van der Waals surface area contributed by atoms with Crippen molar-refractivity contribution in [3.8, 4) is 0 Å². The van der Waals surface area contributed by atoms with Gasteiger partial charge in [0.05, 0.1) is 6.54 Å². The van der Waals surface area contributed by atoms with E-state index in [9.17, 15) is 0 Å². The normalized spacial score (nSPS) is 14.6. The second kappa shape index (κ2) is 3.81. The van der Waals surface area contributed by atoms with Gasteiger partial charge in [-0.15, -0.1) is 0 Å². The van der Waals surface area contributed by atoms with Crippen LogP contribution in [0.15, 0.2) is 41.7 Å². The van der Waals surface area contributed by atoms with Gasteiger partial charge in [0, 0.05) is 35.4 Å². The quantitative estimate of drug-likeness (QED) is 0.755. The summed E-state index contributed by atoms with van der Waals surface area (Å²) in [4.78, 5) is 8.43. The molecule has 3 rings (SSSR count). The number of fused-ring (bicyclic) bond motifs is 1. The smallest absolute Gasteiger partial charge is 0.195 e. The van der Waals surface area contributed by atoms with Gasteiger partial charge in [0.2, 0.25) is 0 Å². The van der Waals surface area contributed by atoms with Crippen molar-refractivity contribution in [2.75, 3.05) is 18.4 Å². The lowest BCUT2D eigenvalue weighted by Gasteiger charge is -2.09. The van der Waals surface area contributed by atoms with E-state index in [-0.39, 0.29) is 0 Å². The van der Waals surface area contributed by atoms with Crippen LogP contribution in [0.25, 0.3) is 10.8 Å². The molecule has 16 heavy (non-hydrogen) atoms. The maximum Gasteiger partial charge on any atom is 0.195 e. The fourth-order valence-corrected chi connectivity index (χ4v) is 1.84. The van der Waals surface area contributed by atoms with Crippen molar-refractivity contribution in [3.63, 3.8) is 0 Å². The molecule has 1 aromatic carbocycles. The van der Waals surface area contributed by atoms with Crippen LogP contribution in [0.2, 0.25) is 0 Å². The Morgan fingerprint density at radius 3 is 3.12 bits per heavy atom. The summed E-state index contributed by atoms with van der Waals surface area (Å²) in [5.74, 6) is 0.851. The van der Waals surface area contributed by atoms with Gasteiger partial charge in [-0.1, -0.05) is 12.1 Å². The molecule has 2 aromatic rings. The first-order valence-electron chi connectivity index (χ1n) is 5.31. The van der Waals surface area contributed by atoms with Gasteiger partial charge >= 0.3 is 0 Å². The molecule has 1 aliphatic heterocycles. The highest BCUT2D eigenvalue weighted by Gasteiger charge is 2.06. The number of benzene rings is 1. The average Bonchev–Trinajstić information content (AvgIpc) is 2.82. The number of hydrogen-bond acceptors (Lipinski definition) is 4. The van der Waals surface area contributed by atoms with Crippen molar-refractivity contribution in [3.05, 3.63) is 36.7 Å². The van der Waals surface area contributed by atoms with Crippen molar-refractivity contribution in [1.29, 1.82) is 0 Å². The predicted octanol–water partition coefficient (Wildman–Crippen LogP) is 1.61. The average molecular weight is 212 g/mol. The molecule has 0 saturated heterocycles. The Labute approximate surface area is 93.4 Å². The Morgan fingerprint density at radius 2 is 2.25 bits per heavy atom. The number of guanidine groups is 1. The molecule has 0 saturated carbocycles. The number of aliphatic imine (C=N–C) groups is 1. The molecule has 0 unspecified atom stereocenters. The monoisotopic (exact) mass is 212 g/mol. The third-order valence-corrected chi connectivity index (χ3v) is 2.61. The van der Waals surface area contributed by atoms with Crippen LogP contribution in [-0.2, 0) is 0 Å². The second-order valence-corrected chi connectivity index (χ2v) is 3.68. The lowest BCUT2D eigenvalue weighted by Crippen LogP contribution is -2.26. The molecule has 1 aliphatic rings. The first-order chi connectivity index (χ1) is 7.93. The fraction of sp³-hybridized carbons (Fsp3) is 0.167. The van der Waals surface area contributed by atoms with Crippen LogP contribution in [0.3, 0.4) is 0 Å². The molecule has 2 heterocycles. The minimum absolute atomic E-state index is 0.842. The van der Waals surface area contributed by atoms with Crippen molar-refractivity contribution in [2.45, 2.75) is 0 Å². The zero-order valence-electron chi connectivity index (χ0n) is 8.77. The molecule has 0 spiro atoms. The van der Waals surface area contributed by atoms with E-state index in [0.29, 0.717) is 0 Å². The lowest BCUT2D eigenvalue weighted by atomic mass is 10.1. The van der Waals surface area contributed by atoms with Crippen LogP contribution >= 0.6 is 0 Å². The Hall–Kier alpha value is -2.10. The topological polar surface area (TPSA) is 49.3 Å². The van der Waals surface area contributed by atoms with Gasteiger partial charge in [0.1, 0.15) is 0 Å². The van der Waals surface area contributed by atoms with Crippen molar-refractivity contribution < 1.29 is 0 Å². The molecule has 0 fully saturated rings. The highest BCUT2D eigenvalue weighted by Crippen LogP contribution is 2.21. The van der Waals surface area contributed by atoms with Gasteiger partial charge < -0.3 is 10.6 Å². The molecular formula is C12H12N4. The Balaban J connectivity index is 2.02. The van der Waals surface area contributed by atoms with Crippen LogP contribution in [0, 0.1) is 0 Å². The van der Waals surface area contributed by atoms with Crippen molar-refractivity contribution >= 4 is 22.4 Å². The summed E-state index contributed by atoms with van der Waals surface area (Å²) >= 11 is 0. The van der Waals surface area contributed by atoms with E-state index in [1.165, 1.54) is 0 Å². The summed E-state index contributed by atoms with van der Waals surface area (Å²) < 4.78 is 0. The molecule has 4 nitrogen and oxygen atoms in total. The van der Waals surface area contributed by atoms with Gasteiger partial charge in [-0.25, -0.2) is 0 Å². The molecule has 0 radical (unpaired) electrons. The molecule has 0 aliphatic carbocycles. The van der Waals surface area contributed by atoms with Gasteiger partial charge in [-0.05, 0) is 12.1 Å². The Bertz CT molecular complexity index is 542. The van der Waals surface area contributed by atoms with E-state index in [1.54, 1.807) is 6.20 Å². The number of rotatable bonds is 1. The van der Waals surface area contributed by atoms with E-state index >= 15 is 0 Å². The van der Waals surface area contributed by atoms with Crippen molar-refractivity contribution in [2.24, 2.45) is 4.99 Å². The lowest BCUT2D eigenvalue weighted by molar-refractivity contribution is 0.959. The maximum atomic E-state index is 4.32. The minimum Gasteiger partial charge on any atom is -0.354 e. The van der Waals surface area contributed by atoms with Gasteiger partial charge in [-0.3, -0.25) is 9.98 Å². The fourth-order valence-electron chi connectivity index (χ4n) is 1.84. The first-order valence-corrected chi connectivity index (χ1v) is 5.31. The van der Waals surface area contributed by atoms with Crippen LogP contribution in [-0.4, -0.2) is 24.0 Å². The molecule has 0 amide bonds. The Morgan fingerprint density at radius 1 is 1.25 bits per heavy atom. The Kier molecular flexibility index (Phi) is 2.18. The van der Waals surface area contributed by atoms with E-state index in [2.05, 4.69) is 26.7 Å². The number of nitrogens with one attached hydrogen (secondary N) is 2. The van der Waals surface area contributed by atoms with E-state index in [4.69, 9.17) is 0 Å². The molecule has 0 atom stereocenters. The summed E-state index contributed by atoms with van der Waals surface area (Å²) in [6, 6.07) is 8.12. The zero-order valence-corrected chi connectivity index (χ0v) is 8.77. The van der Waals surface area contributed by atoms with Crippen LogP contribution in [0.4, 0.5) is 5.69 Å². The van der Waals surface area contributed by atoms with Gasteiger partial charge in [0.25, 0.3) is 0 Å². The number of nitrogens with zero attached hydrogens (tertiary/aromatic N) is 2. The third kappa shape index (κ3) is 1.58. The summed E-state index contributed by atoms with van der Waals surface area (Å²) in [5.41, 5.74) is 1.06. The zero-order chi connectivity index (χ0) is 10.8. The highest BCUT2D eigenvalue weighted by molar-refractivity contribution is 6.03. The third-order valence-electron chi connectivity index (χ3n) is 2.61. The molecular weight excluding hydrogens is 200 g/mol. The summed E-state index contributed by atoms with van der Waals surface area (Å²) in [6.07, 6.45) is 3.67. The number of pyridine rings is 1. The summed E-state index contributed by atoms with van der Waals surface area (Å²) in [6.45, 7) is 1.75. The predicted molar refractivity (Wildman–Crippen MR) is 65.7 cm³/mol. The SMILES string of the molecule is c1cc(NC2=NCCN2)c2ccncc2c1. The van der Waals surface area contributed by atoms with Crippen molar-refractivity contribution in [1.82, 2.24) is 10.3 Å². The van der Waals surface area contributed by atoms with Crippen LogP contribution in [0.5, 0.6) is 0 Å². The molecule has 2 N–H and O–H groups in total. The van der Waals surface area contributed by atoms with E-state index < -0.39 is 0 Å². The highest BCUT2D eigenvalue weighted by atomic mass is 15.2. The molecule has 1 aromatic heterocycles. The molecule has 4 heteroatoms. The largest absolute Gasteiger partial charge is 0.354 e. The summed E-state index contributed by atoms with van der Waals surface area (Å²) in [5, 5.41) is 8.78. The van der Waals surface area contributed by atoms with Crippen LogP contribution < -0.4 is 10.6 Å². The molecule has 0 bridgehead atoms. The van der Waals surface area contributed by atoms with E-state index in [1.807, 2.05) is 24.4 Å². The second-order valence-electron chi connectivity index (χ2n) is 3.68. The summed E-state index contributed by atoms with van der Waals surface area (Å²) in [7, 11) is 0. The first kappa shape index (κ1) is 9.15. The standard InChI is InChI=1S/C12H12N4/c1-2-9-8-13-5-4-10(9)11(3-1)16-12-14-6-7-15-12/h1-5,8H,6-7H2,(H2,14,15,16). The number of aromatic nitrogens is 1.